The molecule has 2 nitrogen and oxygen atoms in total. The van der Waals surface area contributed by atoms with Gasteiger partial charge in [0.25, 0.3) is 0 Å². The van der Waals surface area contributed by atoms with E-state index in [1.165, 1.54) is 0 Å². The summed E-state index contributed by atoms with van der Waals surface area (Å²) in [7, 11) is 0. The van der Waals surface area contributed by atoms with Crippen molar-refractivity contribution in [2.24, 2.45) is 5.73 Å². The Balaban J connectivity index is 2.44. The minimum atomic E-state index is 0.250. The van der Waals surface area contributed by atoms with Crippen LogP contribution in [0.1, 0.15) is 0 Å². The first kappa shape index (κ1) is 10.6. The molecule has 0 unspecified atom stereocenters. The maximum atomic E-state index is 5.47. The van der Waals surface area contributed by atoms with Crippen molar-refractivity contribution in [1.29, 1.82) is 0 Å². The van der Waals surface area contributed by atoms with E-state index in [2.05, 4.69) is 11.4 Å². The lowest BCUT2D eigenvalue weighted by atomic mass is 10.0. The molecule has 0 aliphatic carbocycles. The molecule has 79 valence electrons. The summed E-state index contributed by atoms with van der Waals surface area (Å²) in [5.74, 6) is 0. The summed E-state index contributed by atoms with van der Waals surface area (Å²) in [4.78, 5) is 0. The van der Waals surface area contributed by atoms with E-state index in [0.717, 1.165) is 16.8 Å². The largest absolute Gasteiger partial charge is 0.376 e. The maximum absolute atomic E-state index is 5.47. The van der Waals surface area contributed by atoms with Gasteiger partial charge in [0.2, 0.25) is 0 Å². The summed E-state index contributed by atoms with van der Waals surface area (Å²) in [5.41, 5.74) is 8.43. The van der Waals surface area contributed by atoms with Crippen LogP contribution in [-0.4, -0.2) is 5.11 Å². The summed E-state index contributed by atoms with van der Waals surface area (Å²) in [5, 5.41) is 3.18. The Kier molecular flexibility index (Phi) is 3.17. The molecule has 0 saturated heterocycles. The molecule has 2 aromatic carbocycles. The Labute approximate surface area is 100 Å². The van der Waals surface area contributed by atoms with Gasteiger partial charge in [0.1, 0.15) is 0 Å². The molecule has 0 aliphatic heterocycles. The number of nitrogens with two attached hydrogens (primary N) is 1. The molecular weight excluding hydrogens is 216 g/mol. The second kappa shape index (κ2) is 4.77. The van der Waals surface area contributed by atoms with Crippen LogP contribution in [0.3, 0.4) is 0 Å². The zero-order chi connectivity index (χ0) is 11.4. The summed E-state index contributed by atoms with van der Waals surface area (Å²) in [6.45, 7) is 0. The zero-order valence-electron chi connectivity index (χ0n) is 8.60. The van der Waals surface area contributed by atoms with Gasteiger partial charge >= 0.3 is 0 Å². The molecule has 0 atom stereocenters. The average Bonchev–Trinajstić information content (AvgIpc) is 2.30. The van der Waals surface area contributed by atoms with Gasteiger partial charge in [0.15, 0.2) is 5.11 Å². The highest BCUT2D eigenvalue weighted by atomic mass is 32.1. The molecule has 0 saturated carbocycles. The molecule has 2 aromatic rings. The van der Waals surface area contributed by atoms with Crippen molar-refractivity contribution in [2.45, 2.75) is 0 Å². The van der Waals surface area contributed by atoms with Gasteiger partial charge in [0, 0.05) is 11.6 Å². The molecule has 3 heteroatoms. The number of thiocarbonyl (C=S) groups is 1. The molecule has 0 bridgehead atoms. The summed E-state index contributed by atoms with van der Waals surface area (Å²) in [6, 6.07) is 18.9. The number of benzene rings is 2. The van der Waals surface area contributed by atoms with E-state index < -0.39 is 0 Å². The van der Waals surface area contributed by atoms with Gasteiger partial charge in [-0.1, -0.05) is 48.5 Å². The van der Waals surface area contributed by atoms with Gasteiger partial charge in [0.05, 0.1) is 5.69 Å². The monoisotopic (exact) mass is 227 g/mol. The van der Waals surface area contributed by atoms with E-state index in [-0.39, 0.29) is 5.11 Å². The van der Waals surface area contributed by atoms with Crippen LogP contribution < -0.4 is 11.1 Å². The standard InChI is InChI=1S/C13H11N2S/c14-13(16)15-12-9-5-4-8-11(12)10-6-2-1-3-7-10/h1-8H,(H3,14,15,16). The second-order valence-electron chi connectivity index (χ2n) is 3.31. The van der Waals surface area contributed by atoms with Gasteiger partial charge in [-0.25, -0.2) is 0 Å². The second-order valence-corrected chi connectivity index (χ2v) is 3.75. The average molecular weight is 227 g/mol. The predicted molar refractivity (Wildman–Crippen MR) is 71.1 cm³/mol. The van der Waals surface area contributed by atoms with Gasteiger partial charge in [-0.2, -0.15) is 0 Å². The number of hydrogen-bond donors (Lipinski definition) is 2. The summed E-state index contributed by atoms with van der Waals surface area (Å²) in [6.07, 6.45) is 0. The van der Waals surface area contributed by atoms with Crippen LogP contribution >= 0.6 is 12.2 Å². The first-order valence-corrected chi connectivity index (χ1v) is 5.31. The maximum Gasteiger partial charge on any atom is 0.168 e. The van der Waals surface area contributed by atoms with Crippen molar-refractivity contribution in [2.75, 3.05) is 5.32 Å². The number of para-hydroxylation sites is 1. The van der Waals surface area contributed by atoms with E-state index in [0.29, 0.717) is 0 Å². The summed E-state index contributed by atoms with van der Waals surface area (Å²) < 4.78 is 0. The smallest absolute Gasteiger partial charge is 0.168 e. The molecule has 0 spiro atoms. The highest BCUT2D eigenvalue weighted by Gasteiger charge is 2.03. The Morgan fingerprint density at radius 1 is 1.12 bits per heavy atom. The molecule has 2 rings (SSSR count). The summed E-state index contributed by atoms with van der Waals surface area (Å²) >= 11 is 4.83. The van der Waals surface area contributed by atoms with E-state index in [9.17, 15) is 0 Å². The van der Waals surface area contributed by atoms with Gasteiger partial charge in [-0.3, -0.25) is 0 Å². The van der Waals surface area contributed by atoms with Crippen LogP contribution in [-0.2, 0) is 0 Å². The molecule has 0 aliphatic rings. The lowest BCUT2D eigenvalue weighted by Crippen LogP contribution is -2.19. The fourth-order valence-electron chi connectivity index (χ4n) is 1.52. The molecule has 0 aromatic heterocycles. The number of hydrogen-bond acceptors (Lipinski definition) is 1. The topological polar surface area (TPSA) is 38.0 Å². The Morgan fingerprint density at radius 3 is 2.56 bits per heavy atom. The SMILES string of the molecule is NC(=S)Nc1[c]cccc1-c1ccccc1. The third-order valence-electron chi connectivity index (χ3n) is 2.19. The normalized spacial score (nSPS) is 9.75. The Morgan fingerprint density at radius 2 is 1.88 bits per heavy atom. The fourth-order valence-corrected chi connectivity index (χ4v) is 1.62. The van der Waals surface area contributed by atoms with Crippen LogP contribution in [0.15, 0.2) is 48.5 Å². The number of rotatable bonds is 2. The molecule has 1 radical (unpaired) electrons. The molecular formula is C13H11N2S. The van der Waals surface area contributed by atoms with Crippen molar-refractivity contribution < 1.29 is 0 Å². The van der Waals surface area contributed by atoms with Crippen LogP contribution in [0.25, 0.3) is 11.1 Å². The molecule has 0 heterocycles. The van der Waals surface area contributed by atoms with Crippen LogP contribution in [0.5, 0.6) is 0 Å². The predicted octanol–water partition coefficient (Wildman–Crippen LogP) is 2.81. The number of anilines is 1. The Bertz CT molecular complexity index is 494. The molecule has 0 fully saturated rings. The molecule has 3 N–H and O–H groups in total. The highest BCUT2D eigenvalue weighted by molar-refractivity contribution is 7.80. The van der Waals surface area contributed by atoms with Crippen molar-refractivity contribution in [3.8, 4) is 11.1 Å². The highest BCUT2D eigenvalue weighted by Crippen LogP contribution is 2.26. The van der Waals surface area contributed by atoms with E-state index in [4.69, 9.17) is 18.0 Å². The zero-order valence-corrected chi connectivity index (χ0v) is 9.42. The lowest BCUT2D eigenvalue weighted by Gasteiger charge is -2.10. The third-order valence-corrected chi connectivity index (χ3v) is 2.29. The number of nitrogens with one attached hydrogen (secondary N) is 1. The quantitative estimate of drug-likeness (QED) is 0.775. The van der Waals surface area contributed by atoms with Crippen LogP contribution in [0.4, 0.5) is 5.69 Å². The van der Waals surface area contributed by atoms with E-state index in [1.54, 1.807) is 0 Å². The van der Waals surface area contributed by atoms with Crippen molar-refractivity contribution in [3.63, 3.8) is 0 Å². The minimum absolute atomic E-state index is 0.250. The van der Waals surface area contributed by atoms with Gasteiger partial charge in [-0.05, 0) is 17.8 Å². The van der Waals surface area contributed by atoms with Gasteiger partial charge < -0.3 is 11.1 Å². The first-order valence-electron chi connectivity index (χ1n) is 4.90. The third kappa shape index (κ3) is 2.38. The van der Waals surface area contributed by atoms with Crippen LogP contribution in [0.2, 0.25) is 0 Å². The minimum Gasteiger partial charge on any atom is -0.376 e. The van der Waals surface area contributed by atoms with Crippen LogP contribution in [0, 0.1) is 6.07 Å². The lowest BCUT2D eigenvalue weighted by molar-refractivity contribution is 1.56. The fraction of sp³-hybridized carbons (Fsp3) is 0. The molecule has 0 amide bonds. The van der Waals surface area contributed by atoms with E-state index in [1.807, 2.05) is 48.5 Å². The van der Waals surface area contributed by atoms with Crippen molar-refractivity contribution in [1.82, 2.24) is 0 Å². The first-order chi connectivity index (χ1) is 7.77. The van der Waals surface area contributed by atoms with Gasteiger partial charge in [-0.15, -0.1) is 0 Å². The Hall–Kier alpha value is -1.87. The van der Waals surface area contributed by atoms with Crippen molar-refractivity contribution >= 4 is 23.0 Å². The van der Waals surface area contributed by atoms with E-state index >= 15 is 0 Å². The molecule has 16 heavy (non-hydrogen) atoms. The van der Waals surface area contributed by atoms with Crippen molar-refractivity contribution in [3.05, 3.63) is 54.6 Å².